The molecular formula is C30H31Cl2N3O6. The Kier molecular flexibility index (Phi) is 8.79. The minimum absolute atomic E-state index is 0.0493. The number of hydrogen-bond acceptors (Lipinski definition) is 8. The number of ether oxygens (including phenoxy) is 2. The van der Waals surface area contributed by atoms with Gasteiger partial charge in [-0.2, -0.15) is 0 Å². The number of benzene rings is 1. The first-order valence-corrected chi connectivity index (χ1v) is 14.2. The number of unbranched alkanes of at least 4 members (excludes halogenated alkanes) is 1. The van der Waals surface area contributed by atoms with Crippen LogP contribution in [0, 0.1) is 0 Å². The fourth-order valence-corrected chi connectivity index (χ4v) is 5.12. The van der Waals surface area contributed by atoms with Gasteiger partial charge in [-0.05, 0) is 70.2 Å². The minimum atomic E-state index is -1.04. The van der Waals surface area contributed by atoms with E-state index in [4.69, 9.17) is 42.2 Å². The average molecular weight is 600 g/mol. The van der Waals surface area contributed by atoms with E-state index in [2.05, 4.69) is 10.1 Å². The molecule has 3 aromatic heterocycles. The maximum Gasteiger partial charge on any atom is 0.336 e. The van der Waals surface area contributed by atoms with Crippen LogP contribution in [0.1, 0.15) is 72.8 Å². The molecule has 1 fully saturated rings. The molecule has 216 valence electrons. The van der Waals surface area contributed by atoms with Crippen molar-refractivity contribution in [1.29, 1.82) is 0 Å². The van der Waals surface area contributed by atoms with Crippen molar-refractivity contribution in [1.82, 2.24) is 15.1 Å². The fourth-order valence-electron chi connectivity index (χ4n) is 4.58. The normalized spacial score (nSPS) is 13.6. The summed E-state index contributed by atoms with van der Waals surface area (Å²) in [5.74, 6) is 0.563. The van der Waals surface area contributed by atoms with E-state index in [0.717, 1.165) is 42.7 Å². The van der Waals surface area contributed by atoms with E-state index in [9.17, 15) is 15.0 Å². The minimum Gasteiger partial charge on any atom is -0.488 e. The van der Waals surface area contributed by atoms with Gasteiger partial charge in [-0.3, -0.25) is 4.98 Å². The van der Waals surface area contributed by atoms with Gasteiger partial charge in [0.15, 0.2) is 0 Å². The predicted octanol–water partition coefficient (Wildman–Crippen LogP) is 6.86. The van der Waals surface area contributed by atoms with E-state index in [0.29, 0.717) is 63.5 Å². The zero-order valence-electron chi connectivity index (χ0n) is 22.8. The van der Waals surface area contributed by atoms with Gasteiger partial charge in [0.05, 0.1) is 27.8 Å². The van der Waals surface area contributed by atoms with E-state index >= 15 is 0 Å². The van der Waals surface area contributed by atoms with E-state index in [1.165, 1.54) is 18.5 Å². The molecule has 0 bridgehead atoms. The number of carbonyl (C=O) groups is 1. The number of rotatable bonds is 13. The zero-order valence-corrected chi connectivity index (χ0v) is 24.3. The number of carboxylic acids is 1. The lowest BCUT2D eigenvalue weighted by molar-refractivity contribution is 0.0289. The van der Waals surface area contributed by atoms with Gasteiger partial charge in [-0.1, -0.05) is 28.4 Å². The van der Waals surface area contributed by atoms with Gasteiger partial charge in [-0.15, -0.1) is 0 Å². The molecule has 1 aliphatic carbocycles. The first-order chi connectivity index (χ1) is 19.6. The molecule has 3 heterocycles. The SMILES string of the molecule is CC(C)(O)COc1ccc(C(=O)O)c2ccc(CCCCOCc3c(-c4c(Cl)cncc4Cl)noc3C3CC3)nc12. The van der Waals surface area contributed by atoms with Crippen molar-refractivity contribution in [2.75, 3.05) is 13.2 Å². The number of carboxylic acid groups (broad SMARTS) is 1. The molecule has 4 aromatic rings. The molecule has 0 saturated heterocycles. The lowest BCUT2D eigenvalue weighted by Gasteiger charge is -2.19. The highest BCUT2D eigenvalue weighted by atomic mass is 35.5. The number of aromatic carboxylic acids is 1. The number of halogens is 2. The Morgan fingerprint density at radius 1 is 1.12 bits per heavy atom. The molecule has 5 rings (SSSR count). The van der Waals surface area contributed by atoms with Crippen LogP contribution in [0.4, 0.5) is 0 Å². The van der Waals surface area contributed by atoms with Gasteiger partial charge < -0.3 is 24.2 Å². The van der Waals surface area contributed by atoms with Crippen LogP contribution in [0.5, 0.6) is 5.75 Å². The van der Waals surface area contributed by atoms with Crippen LogP contribution in [-0.4, -0.2) is 50.1 Å². The van der Waals surface area contributed by atoms with Crippen molar-refractivity contribution in [2.45, 2.75) is 64.1 Å². The van der Waals surface area contributed by atoms with Crippen molar-refractivity contribution in [3.05, 3.63) is 69.3 Å². The lowest BCUT2D eigenvalue weighted by atomic mass is 10.1. The molecule has 0 radical (unpaired) electrons. The molecule has 0 spiro atoms. The first kappa shape index (κ1) is 29.3. The van der Waals surface area contributed by atoms with E-state index in [1.807, 2.05) is 6.07 Å². The molecule has 9 nitrogen and oxygen atoms in total. The summed E-state index contributed by atoms with van der Waals surface area (Å²) in [6, 6.07) is 6.68. The summed E-state index contributed by atoms with van der Waals surface area (Å²) in [6.07, 6.45) is 7.44. The van der Waals surface area contributed by atoms with Gasteiger partial charge in [0, 0.05) is 47.1 Å². The summed E-state index contributed by atoms with van der Waals surface area (Å²) in [4.78, 5) is 20.5. The molecule has 1 aromatic carbocycles. The summed E-state index contributed by atoms with van der Waals surface area (Å²) < 4.78 is 17.5. The van der Waals surface area contributed by atoms with Crippen molar-refractivity contribution < 1.29 is 29.0 Å². The largest absolute Gasteiger partial charge is 0.488 e. The third-order valence-corrected chi connectivity index (χ3v) is 7.34. The van der Waals surface area contributed by atoms with Crippen LogP contribution in [-0.2, 0) is 17.8 Å². The quantitative estimate of drug-likeness (QED) is 0.158. The number of fused-ring (bicyclic) bond motifs is 1. The Morgan fingerprint density at radius 2 is 1.88 bits per heavy atom. The van der Waals surface area contributed by atoms with Crippen LogP contribution in [0.2, 0.25) is 10.0 Å². The maximum absolute atomic E-state index is 11.7. The van der Waals surface area contributed by atoms with E-state index < -0.39 is 11.6 Å². The highest BCUT2D eigenvalue weighted by Crippen LogP contribution is 2.46. The molecule has 0 unspecified atom stereocenters. The molecule has 2 N–H and O–H groups in total. The summed E-state index contributed by atoms with van der Waals surface area (Å²) in [7, 11) is 0. The van der Waals surface area contributed by atoms with Crippen LogP contribution >= 0.6 is 23.2 Å². The van der Waals surface area contributed by atoms with Crippen LogP contribution in [0.25, 0.3) is 22.2 Å². The lowest BCUT2D eigenvalue weighted by Crippen LogP contribution is -2.28. The Hall–Kier alpha value is -3.24. The van der Waals surface area contributed by atoms with E-state index in [1.54, 1.807) is 26.0 Å². The van der Waals surface area contributed by atoms with Crippen LogP contribution < -0.4 is 4.74 Å². The van der Waals surface area contributed by atoms with Gasteiger partial charge >= 0.3 is 5.97 Å². The second-order valence-electron chi connectivity index (χ2n) is 10.9. The third-order valence-electron chi connectivity index (χ3n) is 6.76. The molecular weight excluding hydrogens is 569 g/mol. The summed E-state index contributed by atoms with van der Waals surface area (Å²) in [5, 5.41) is 25.2. The Morgan fingerprint density at radius 3 is 2.56 bits per heavy atom. The number of aromatic nitrogens is 3. The maximum atomic E-state index is 11.7. The second kappa shape index (κ2) is 12.3. The van der Waals surface area contributed by atoms with Gasteiger partial charge in [-0.25, -0.2) is 9.78 Å². The second-order valence-corrected chi connectivity index (χ2v) is 11.7. The number of aryl methyl sites for hydroxylation is 1. The Bertz CT molecular complexity index is 1540. The fraction of sp³-hybridized carbons (Fsp3) is 0.400. The summed E-state index contributed by atoms with van der Waals surface area (Å²) in [6.45, 7) is 4.17. The van der Waals surface area contributed by atoms with Crippen LogP contribution in [0.3, 0.4) is 0 Å². The molecule has 1 saturated carbocycles. The Balaban J connectivity index is 1.22. The van der Waals surface area contributed by atoms with Crippen molar-refractivity contribution in [3.63, 3.8) is 0 Å². The highest BCUT2D eigenvalue weighted by molar-refractivity contribution is 6.38. The molecule has 0 amide bonds. The number of pyridine rings is 2. The van der Waals surface area contributed by atoms with Crippen molar-refractivity contribution in [2.24, 2.45) is 0 Å². The van der Waals surface area contributed by atoms with Gasteiger partial charge in [0.1, 0.15) is 29.3 Å². The molecule has 0 atom stereocenters. The first-order valence-electron chi connectivity index (χ1n) is 13.5. The zero-order chi connectivity index (χ0) is 29.1. The van der Waals surface area contributed by atoms with Gasteiger partial charge in [0.25, 0.3) is 0 Å². The molecule has 1 aliphatic rings. The third kappa shape index (κ3) is 6.98. The molecule has 41 heavy (non-hydrogen) atoms. The average Bonchev–Trinajstić information content (AvgIpc) is 3.69. The highest BCUT2D eigenvalue weighted by Gasteiger charge is 2.33. The standard InChI is InChI=1S/C30H31Cl2N3O6/c1-30(2,38)16-40-24-11-10-20(29(36)37)19-9-8-18(34-26(19)24)5-3-4-12-39-15-21-27(35-41-28(21)17-6-7-17)25-22(31)13-33-14-23(25)32/h8-11,13-14,17,38H,3-7,12,15-16H2,1-2H3,(H,36,37). The van der Waals surface area contributed by atoms with E-state index in [-0.39, 0.29) is 12.2 Å². The Labute approximate surface area is 247 Å². The molecule has 11 heteroatoms. The summed E-state index contributed by atoms with van der Waals surface area (Å²) >= 11 is 12.8. The topological polar surface area (TPSA) is 128 Å². The molecule has 0 aliphatic heterocycles. The van der Waals surface area contributed by atoms with Crippen LogP contribution in [0.15, 0.2) is 41.2 Å². The summed E-state index contributed by atoms with van der Waals surface area (Å²) in [5.41, 5.74) is 2.43. The monoisotopic (exact) mass is 599 g/mol. The predicted molar refractivity (Wildman–Crippen MR) is 155 cm³/mol. The van der Waals surface area contributed by atoms with Crippen molar-refractivity contribution >= 4 is 40.1 Å². The van der Waals surface area contributed by atoms with Crippen molar-refractivity contribution in [3.8, 4) is 17.0 Å². The number of nitrogens with zero attached hydrogens (tertiary/aromatic N) is 3. The van der Waals surface area contributed by atoms with Gasteiger partial charge in [0.2, 0.25) is 0 Å². The number of aliphatic hydroxyl groups is 1. The number of hydrogen-bond donors (Lipinski definition) is 2. The smallest absolute Gasteiger partial charge is 0.336 e.